The van der Waals surface area contributed by atoms with Gasteiger partial charge in [-0.1, -0.05) is 42.3 Å². The first kappa shape index (κ1) is 12.0. The Morgan fingerprint density at radius 3 is 2.56 bits per heavy atom. The smallest absolute Gasteiger partial charge is 0.119 e. The molecule has 0 aliphatic carbocycles. The minimum absolute atomic E-state index is 0.840. The van der Waals surface area contributed by atoms with Crippen LogP contribution in [-0.4, -0.2) is 7.11 Å². The first-order valence-electron chi connectivity index (χ1n) is 5.71. The fourth-order valence-electron chi connectivity index (χ4n) is 1.81. The predicted molar refractivity (Wildman–Crippen MR) is 76.3 cm³/mol. The number of rotatable bonds is 3. The molecule has 0 radical (unpaired) electrons. The largest absolute Gasteiger partial charge is 0.497 e. The van der Waals surface area contributed by atoms with Gasteiger partial charge in [-0.15, -0.1) is 6.42 Å². The van der Waals surface area contributed by atoms with Crippen LogP contribution < -0.4 is 4.74 Å². The summed E-state index contributed by atoms with van der Waals surface area (Å²) in [5.41, 5.74) is 3.34. The first-order valence-corrected chi connectivity index (χ1v) is 5.71. The average Bonchev–Trinajstić information content (AvgIpc) is 2.46. The summed E-state index contributed by atoms with van der Waals surface area (Å²) in [6, 6.07) is 16.1. The lowest BCUT2D eigenvalue weighted by Crippen LogP contribution is -1.87. The van der Waals surface area contributed by atoms with Crippen LogP contribution in [0, 0.1) is 12.3 Å². The SMILES string of the molecule is C#C/C=C/c1ccc(OC)cc1-c1ccccc1. The third-order valence-corrected chi connectivity index (χ3v) is 2.70. The van der Waals surface area contributed by atoms with E-state index in [-0.39, 0.29) is 0 Å². The van der Waals surface area contributed by atoms with Crippen LogP contribution in [0.1, 0.15) is 5.56 Å². The summed E-state index contributed by atoms with van der Waals surface area (Å²) in [6.45, 7) is 0. The second-order valence-electron chi connectivity index (χ2n) is 3.82. The van der Waals surface area contributed by atoms with Gasteiger partial charge in [-0.05, 0) is 41.0 Å². The molecule has 1 heteroatoms. The summed E-state index contributed by atoms with van der Waals surface area (Å²) in [7, 11) is 1.67. The highest BCUT2D eigenvalue weighted by Crippen LogP contribution is 2.28. The van der Waals surface area contributed by atoms with Crippen molar-refractivity contribution in [3.63, 3.8) is 0 Å². The van der Waals surface area contributed by atoms with E-state index in [2.05, 4.69) is 18.1 Å². The summed E-state index contributed by atoms with van der Waals surface area (Å²) in [5.74, 6) is 3.35. The van der Waals surface area contributed by atoms with Gasteiger partial charge in [0.05, 0.1) is 7.11 Å². The molecule has 0 atom stereocenters. The minimum Gasteiger partial charge on any atom is -0.497 e. The molecule has 0 saturated carbocycles. The van der Waals surface area contributed by atoms with Crippen molar-refractivity contribution in [2.24, 2.45) is 0 Å². The van der Waals surface area contributed by atoms with Crippen LogP contribution >= 0.6 is 0 Å². The average molecular weight is 234 g/mol. The van der Waals surface area contributed by atoms with Crippen molar-refractivity contribution in [3.8, 4) is 29.2 Å². The van der Waals surface area contributed by atoms with E-state index < -0.39 is 0 Å². The molecular weight excluding hydrogens is 220 g/mol. The van der Waals surface area contributed by atoms with Crippen LogP contribution in [0.5, 0.6) is 5.75 Å². The molecule has 0 N–H and O–H groups in total. The van der Waals surface area contributed by atoms with Crippen molar-refractivity contribution in [1.82, 2.24) is 0 Å². The molecule has 2 rings (SSSR count). The van der Waals surface area contributed by atoms with Crippen molar-refractivity contribution < 1.29 is 4.74 Å². The number of ether oxygens (including phenoxy) is 1. The minimum atomic E-state index is 0.840. The number of allylic oxidation sites excluding steroid dienone is 1. The fourth-order valence-corrected chi connectivity index (χ4v) is 1.81. The molecule has 88 valence electrons. The molecule has 0 fully saturated rings. The molecule has 0 amide bonds. The van der Waals surface area contributed by atoms with Crippen molar-refractivity contribution in [2.75, 3.05) is 7.11 Å². The lowest BCUT2D eigenvalue weighted by Gasteiger charge is -2.09. The molecule has 0 aromatic heterocycles. The third kappa shape index (κ3) is 2.61. The molecule has 0 aliphatic heterocycles. The third-order valence-electron chi connectivity index (χ3n) is 2.70. The van der Waals surface area contributed by atoms with Crippen LogP contribution in [0.3, 0.4) is 0 Å². The number of methoxy groups -OCH3 is 1. The monoisotopic (exact) mass is 234 g/mol. The van der Waals surface area contributed by atoms with E-state index in [0.717, 1.165) is 22.4 Å². The van der Waals surface area contributed by atoms with Crippen LogP contribution in [-0.2, 0) is 0 Å². The summed E-state index contributed by atoms with van der Waals surface area (Å²) in [4.78, 5) is 0. The van der Waals surface area contributed by atoms with Gasteiger partial charge >= 0.3 is 0 Å². The maximum absolute atomic E-state index is 5.27. The van der Waals surface area contributed by atoms with Gasteiger partial charge in [0, 0.05) is 0 Å². The Morgan fingerprint density at radius 2 is 1.89 bits per heavy atom. The molecule has 0 saturated heterocycles. The highest BCUT2D eigenvalue weighted by atomic mass is 16.5. The van der Waals surface area contributed by atoms with Crippen LogP contribution in [0.25, 0.3) is 17.2 Å². The molecule has 0 heterocycles. The summed E-state index contributed by atoms with van der Waals surface area (Å²) >= 11 is 0. The maximum atomic E-state index is 5.27. The zero-order chi connectivity index (χ0) is 12.8. The van der Waals surface area contributed by atoms with E-state index >= 15 is 0 Å². The summed E-state index contributed by atoms with van der Waals surface area (Å²) in [6.07, 6.45) is 8.89. The molecule has 1 nitrogen and oxygen atoms in total. The molecule has 0 bridgehead atoms. The molecule has 0 spiro atoms. The van der Waals surface area contributed by atoms with Crippen LogP contribution in [0.15, 0.2) is 54.6 Å². The quantitative estimate of drug-likeness (QED) is 0.729. The number of benzene rings is 2. The summed E-state index contributed by atoms with van der Waals surface area (Å²) < 4.78 is 5.27. The zero-order valence-corrected chi connectivity index (χ0v) is 10.3. The Balaban J connectivity index is 2.55. The van der Waals surface area contributed by atoms with Gasteiger partial charge in [-0.25, -0.2) is 0 Å². The second kappa shape index (κ2) is 5.75. The van der Waals surface area contributed by atoms with Crippen LogP contribution in [0.4, 0.5) is 0 Å². The highest BCUT2D eigenvalue weighted by molar-refractivity contribution is 5.77. The lowest BCUT2D eigenvalue weighted by atomic mass is 9.99. The van der Waals surface area contributed by atoms with E-state index in [0.29, 0.717) is 0 Å². The number of hydrogen-bond donors (Lipinski definition) is 0. The van der Waals surface area contributed by atoms with Gasteiger partial charge < -0.3 is 4.74 Å². The maximum Gasteiger partial charge on any atom is 0.119 e. The Morgan fingerprint density at radius 1 is 1.11 bits per heavy atom. The fraction of sp³-hybridized carbons (Fsp3) is 0.0588. The molecular formula is C17H14O. The Bertz CT molecular complexity index is 589. The van der Waals surface area contributed by atoms with E-state index in [9.17, 15) is 0 Å². The van der Waals surface area contributed by atoms with Crippen molar-refractivity contribution in [1.29, 1.82) is 0 Å². The number of terminal acetylenes is 1. The van der Waals surface area contributed by atoms with E-state index in [1.165, 1.54) is 0 Å². The molecule has 2 aromatic rings. The van der Waals surface area contributed by atoms with Crippen molar-refractivity contribution >= 4 is 6.08 Å². The number of hydrogen-bond acceptors (Lipinski definition) is 1. The predicted octanol–water partition coefficient (Wildman–Crippen LogP) is 4.01. The van der Waals surface area contributed by atoms with E-state index in [1.807, 2.05) is 42.5 Å². The summed E-state index contributed by atoms with van der Waals surface area (Å²) in [5, 5.41) is 0. The molecule has 0 unspecified atom stereocenters. The van der Waals surface area contributed by atoms with Crippen LogP contribution in [0.2, 0.25) is 0 Å². The Labute approximate surface area is 108 Å². The topological polar surface area (TPSA) is 9.23 Å². The Hall–Kier alpha value is -2.46. The molecule has 0 aliphatic rings. The van der Waals surface area contributed by atoms with Gasteiger partial charge in [0.15, 0.2) is 0 Å². The van der Waals surface area contributed by atoms with E-state index in [4.69, 9.17) is 11.2 Å². The Kier molecular flexibility index (Phi) is 3.83. The second-order valence-corrected chi connectivity index (χ2v) is 3.82. The normalized spacial score (nSPS) is 10.2. The lowest BCUT2D eigenvalue weighted by molar-refractivity contribution is 0.415. The highest BCUT2D eigenvalue weighted by Gasteiger charge is 2.04. The van der Waals surface area contributed by atoms with Gasteiger partial charge in [0.1, 0.15) is 5.75 Å². The molecule has 2 aromatic carbocycles. The van der Waals surface area contributed by atoms with Gasteiger partial charge in [-0.2, -0.15) is 0 Å². The zero-order valence-electron chi connectivity index (χ0n) is 10.3. The van der Waals surface area contributed by atoms with Gasteiger partial charge in [0.2, 0.25) is 0 Å². The van der Waals surface area contributed by atoms with Gasteiger partial charge in [-0.3, -0.25) is 0 Å². The first-order chi connectivity index (χ1) is 8.85. The van der Waals surface area contributed by atoms with Crippen molar-refractivity contribution in [2.45, 2.75) is 0 Å². The standard InChI is InChI=1S/C17H14O/c1-3-4-8-15-11-12-16(18-2)13-17(15)14-9-6-5-7-10-14/h1,4-13H,2H3/b8-4+. The molecule has 18 heavy (non-hydrogen) atoms. The van der Waals surface area contributed by atoms with Gasteiger partial charge in [0.25, 0.3) is 0 Å². The van der Waals surface area contributed by atoms with E-state index in [1.54, 1.807) is 13.2 Å². The van der Waals surface area contributed by atoms with Crippen molar-refractivity contribution in [3.05, 3.63) is 60.2 Å².